The van der Waals surface area contributed by atoms with E-state index in [-0.39, 0.29) is 18.4 Å². The zero-order valence-corrected chi connectivity index (χ0v) is 8.21. The van der Waals surface area contributed by atoms with Crippen LogP contribution in [-0.2, 0) is 9.59 Å². The van der Waals surface area contributed by atoms with Crippen molar-refractivity contribution < 1.29 is 9.59 Å². The predicted molar refractivity (Wildman–Crippen MR) is 52.5 cm³/mol. The minimum Gasteiger partial charge on any atom is -0.369 e. The standard InChI is InChI=1S/C9H17N3O2/c10-8(13)6-11-5-1-2-9(14)12-7-3-4-7/h7,11H,1-6H2,(H2,10,13)(H,12,14). The lowest BCUT2D eigenvalue weighted by Crippen LogP contribution is -2.30. The topological polar surface area (TPSA) is 84.2 Å². The van der Waals surface area contributed by atoms with Gasteiger partial charge in [0.25, 0.3) is 0 Å². The summed E-state index contributed by atoms with van der Waals surface area (Å²) in [6.07, 6.45) is 3.49. The van der Waals surface area contributed by atoms with Gasteiger partial charge in [0.05, 0.1) is 6.54 Å². The van der Waals surface area contributed by atoms with Crippen molar-refractivity contribution in [3.8, 4) is 0 Å². The Hall–Kier alpha value is -1.10. The van der Waals surface area contributed by atoms with Crippen LogP contribution < -0.4 is 16.4 Å². The fourth-order valence-corrected chi connectivity index (χ4v) is 1.11. The zero-order chi connectivity index (χ0) is 10.4. The van der Waals surface area contributed by atoms with Crippen LogP contribution in [0.2, 0.25) is 0 Å². The van der Waals surface area contributed by atoms with Gasteiger partial charge in [-0.2, -0.15) is 0 Å². The second-order valence-corrected chi connectivity index (χ2v) is 3.59. The highest BCUT2D eigenvalue weighted by molar-refractivity contribution is 5.76. The number of rotatable bonds is 7. The number of carbonyl (C=O) groups excluding carboxylic acids is 2. The molecule has 5 nitrogen and oxygen atoms in total. The lowest BCUT2D eigenvalue weighted by atomic mass is 10.3. The van der Waals surface area contributed by atoms with E-state index in [9.17, 15) is 9.59 Å². The summed E-state index contributed by atoms with van der Waals surface area (Å²) in [6, 6.07) is 0.432. The van der Waals surface area contributed by atoms with Gasteiger partial charge in [0.1, 0.15) is 0 Å². The van der Waals surface area contributed by atoms with Crippen molar-refractivity contribution in [1.82, 2.24) is 10.6 Å². The first kappa shape index (κ1) is 11.0. The fourth-order valence-electron chi connectivity index (χ4n) is 1.11. The number of primary amides is 1. The normalized spacial score (nSPS) is 15.1. The highest BCUT2D eigenvalue weighted by Crippen LogP contribution is 2.18. The van der Waals surface area contributed by atoms with Gasteiger partial charge in [0.15, 0.2) is 0 Å². The number of nitrogens with one attached hydrogen (secondary N) is 2. The highest BCUT2D eigenvalue weighted by atomic mass is 16.2. The van der Waals surface area contributed by atoms with Gasteiger partial charge >= 0.3 is 0 Å². The molecule has 0 aromatic heterocycles. The predicted octanol–water partition coefficient (Wildman–Crippen LogP) is -0.880. The molecule has 0 radical (unpaired) electrons. The van der Waals surface area contributed by atoms with Crippen molar-refractivity contribution >= 4 is 11.8 Å². The first-order valence-corrected chi connectivity index (χ1v) is 4.97. The Morgan fingerprint density at radius 2 is 2.07 bits per heavy atom. The van der Waals surface area contributed by atoms with Crippen LogP contribution in [-0.4, -0.2) is 30.9 Å². The van der Waals surface area contributed by atoms with Crippen LogP contribution in [0.5, 0.6) is 0 Å². The number of nitrogens with two attached hydrogens (primary N) is 1. The largest absolute Gasteiger partial charge is 0.369 e. The minimum atomic E-state index is -0.368. The maximum absolute atomic E-state index is 11.2. The van der Waals surface area contributed by atoms with E-state index in [1.807, 2.05) is 0 Å². The molecule has 5 heteroatoms. The van der Waals surface area contributed by atoms with Gasteiger partial charge in [-0.15, -0.1) is 0 Å². The molecule has 1 rings (SSSR count). The van der Waals surface area contributed by atoms with Crippen LogP contribution in [0.15, 0.2) is 0 Å². The molecule has 0 spiro atoms. The Kier molecular flexibility index (Phi) is 4.39. The summed E-state index contributed by atoms with van der Waals surface area (Å²) in [7, 11) is 0. The number of hydrogen-bond donors (Lipinski definition) is 3. The quantitative estimate of drug-likeness (QED) is 0.465. The molecule has 1 aliphatic rings. The summed E-state index contributed by atoms with van der Waals surface area (Å²) in [4.78, 5) is 21.5. The van der Waals surface area contributed by atoms with Crippen molar-refractivity contribution in [2.75, 3.05) is 13.1 Å². The smallest absolute Gasteiger partial charge is 0.231 e. The summed E-state index contributed by atoms with van der Waals surface area (Å²) >= 11 is 0. The fraction of sp³-hybridized carbons (Fsp3) is 0.778. The molecule has 2 amide bonds. The first-order valence-electron chi connectivity index (χ1n) is 4.97. The van der Waals surface area contributed by atoms with Crippen molar-refractivity contribution in [1.29, 1.82) is 0 Å². The van der Waals surface area contributed by atoms with Gasteiger partial charge in [-0.3, -0.25) is 9.59 Å². The van der Waals surface area contributed by atoms with E-state index < -0.39 is 0 Å². The Balaban J connectivity index is 1.87. The summed E-state index contributed by atoms with van der Waals surface area (Å²) in [6.45, 7) is 0.839. The molecule has 0 bridgehead atoms. The zero-order valence-electron chi connectivity index (χ0n) is 8.21. The van der Waals surface area contributed by atoms with Gasteiger partial charge < -0.3 is 16.4 Å². The lowest BCUT2D eigenvalue weighted by molar-refractivity contribution is -0.121. The summed E-state index contributed by atoms with van der Waals surface area (Å²) in [5.74, 6) is -0.263. The van der Waals surface area contributed by atoms with Crippen LogP contribution in [0.4, 0.5) is 0 Å². The number of hydrogen-bond acceptors (Lipinski definition) is 3. The highest BCUT2D eigenvalue weighted by Gasteiger charge is 2.22. The molecule has 80 valence electrons. The average Bonchev–Trinajstić information content (AvgIpc) is 2.87. The molecule has 1 aliphatic carbocycles. The molecule has 0 aliphatic heterocycles. The van der Waals surface area contributed by atoms with E-state index >= 15 is 0 Å². The Morgan fingerprint density at radius 1 is 1.36 bits per heavy atom. The van der Waals surface area contributed by atoms with E-state index in [0.717, 1.165) is 19.3 Å². The van der Waals surface area contributed by atoms with E-state index in [2.05, 4.69) is 10.6 Å². The minimum absolute atomic E-state index is 0.105. The molecular formula is C9H17N3O2. The molecule has 14 heavy (non-hydrogen) atoms. The Bertz CT molecular complexity index is 214. The molecule has 0 heterocycles. The van der Waals surface area contributed by atoms with Crippen LogP contribution in [0, 0.1) is 0 Å². The molecular weight excluding hydrogens is 182 g/mol. The van der Waals surface area contributed by atoms with Gasteiger partial charge in [-0.05, 0) is 25.8 Å². The lowest BCUT2D eigenvalue weighted by Gasteiger charge is -2.03. The van der Waals surface area contributed by atoms with Crippen molar-refractivity contribution in [3.63, 3.8) is 0 Å². The van der Waals surface area contributed by atoms with Crippen molar-refractivity contribution in [2.24, 2.45) is 5.73 Å². The van der Waals surface area contributed by atoms with E-state index in [1.165, 1.54) is 0 Å². The second kappa shape index (κ2) is 5.59. The maximum atomic E-state index is 11.2. The summed E-state index contributed by atoms with van der Waals surface area (Å²) in [5, 5.41) is 5.75. The van der Waals surface area contributed by atoms with Crippen LogP contribution >= 0.6 is 0 Å². The van der Waals surface area contributed by atoms with E-state index in [1.54, 1.807) is 0 Å². The van der Waals surface area contributed by atoms with Gasteiger partial charge in [0.2, 0.25) is 11.8 Å². The molecule has 0 aromatic rings. The average molecular weight is 199 g/mol. The first-order chi connectivity index (χ1) is 6.68. The Labute approximate surface area is 83.4 Å². The van der Waals surface area contributed by atoms with Gasteiger partial charge in [-0.1, -0.05) is 0 Å². The third-order valence-corrected chi connectivity index (χ3v) is 2.00. The maximum Gasteiger partial charge on any atom is 0.231 e. The monoisotopic (exact) mass is 199 g/mol. The number of amides is 2. The molecule has 0 saturated heterocycles. The molecule has 0 unspecified atom stereocenters. The molecule has 0 atom stereocenters. The molecule has 1 saturated carbocycles. The van der Waals surface area contributed by atoms with Gasteiger partial charge in [0, 0.05) is 12.5 Å². The van der Waals surface area contributed by atoms with E-state index in [0.29, 0.717) is 19.0 Å². The van der Waals surface area contributed by atoms with Crippen LogP contribution in [0.25, 0.3) is 0 Å². The van der Waals surface area contributed by atoms with Crippen LogP contribution in [0.3, 0.4) is 0 Å². The summed E-state index contributed by atoms with van der Waals surface area (Å²) < 4.78 is 0. The SMILES string of the molecule is NC(=O)CNCCCC(=O)NC1CC1. The second-order valence-electron chi connectivity index (χ2n) is 3.59. The third-order valence-electron chi connectivity index (χ3n) is 2.00. The molecule has 0 aromatic carbocycles. The summed E-state index contributed by atoms with van der Waals surface area (Å²) in [5.41, 5.74) is 4.93. The van der Waals surface area contributed by atoms with E-state index in [4.69, 9.17) is 5.73 Å². The number of carbonyl (C=O) groups is 2. The van der Waals surface area contributed by atoms with Crippen LogP contribution in [0.1, 0.15) is 25.7 Å². The van der Waals surface area contributed by atoms with Crippen molar-refractivity contribution in [2.45, 2.75) is 31.7 Å². The van der Waals surface area contributed by atoms with Gasteiger partial charge in [-0.25, -0.2) is 0 Å². The molecule has 4 N–H and O–H groups in total. The third kappa shape index (κ3) is 5.53. The molecule has 1 fully saturated rings. The van der Waals surface area contributed by atoms with Crippen molar-refractivity contribution in [3.05, 3.63) is 0 Å². The Morgan fingerprint density at radius 3 is 2.64 bits per heavy atom.